The zero-order valence-corrected chi connectivity index (χ0v) is 10.9. The maximum absolute atomic E-state index is 11.9. The standard InChI is InChI=1S/C14H15NO4/c1-3-19-11(16)7-8-15-12-9(2)5-4-6-10(12)13(17)14(15)18/h4-6H,3,7-8H2,1-2H3. The molecule has 1 heterocycles. The summed E-state index contributed by atoms with van der Waals surface area (Å²) in [6, 6.07) is 5.21. The van der Waals surface area contributed by atoms with Gasteiger partial charge in [0.05, 0.1) is 24.3 Å². The van der Waals surface area contributed by atoms with Gasteiger partial charge in [-0.1, -0.05) is 12.1 Å². The van der Waals surface area contributed by atoms with E-state index in [1.807, 2.05) is 13.0 Å². The van der Waals surface area contributed by atoms with Gasteiger partial charge in [0.2, 0.25) is 0 Å². The number of Topliss-reactive ketones (excluding diaryl/α,β-unsaturated/α-hetero) is 1. The molecular formula is C14H15NO4. The van der Waals surface area contributed by atoms with Gasteiger partial charge in [0.15, 0.2) is 0 Å². The molecular weight excluding hydrogens is 246 g/mol. The smallest absolute Gasteiger partial charge is 0.307 e. The molecule has 0 saturated carbocycles. The third-order valence-corrected chi connectivity index (χ3v) is 3.04. The third-order valence-electron chi connectivity index (χ3n) is 3.04. The summed E-state index contributed by atoms with van der Waals surface area (Å²) in [7, 11) is 0. The van der Waals surface area contributed by atoms with Crippen LogP contribution in [0.3, 0.4) is 0 Å². The second-order valence-electron chi connectivity index (χ2n) is 4.31. The quantitative estimate of drug-likeness (QED) is 0.608. The van der Waals surface area contributed by atoms with Gasteiger partial charge in [-0.2, -0.15) is 0 Å². The fourth-order valence-corrected chi connectivity index (χ4v) is 2.19. The Morgan fingerprint density at radius 3 is 2.74 bits per heavy atom. The van der Waals surface area contributed by atoms with E-state index in [0.717, 1.165) is 5.56 Å². The summed E-state index contributed by atoms with van der Waals surface area (Å²) in [6.07, 6.45) is 0.0840. The molecule has 0 fully saturated rings. The van der Waals surface area contributed by atoms with Crippen LogP contribution in [-0.2, 0) is 14.3 Å². The average molecular weight is 261 g/mol. The number of anilines is 1. The molecule has 0 aliphatic carbocycles. The fraction of sp³-hybridized carbons (Fsp3) is 0.357. The van der Waals surface area contributed by atoms with Crippen molar-refractivity contribution in [1.29, 1.82) is 0 Å². The lowest BCUT2D eigenvalue weighted by atomic mass is 10.1. The monoisotopic (exact) mass is 261 g/mol. The van der Waals surface area contributed by atoms with Gasteiger partial charge in [-0.3, -0.25) is 14.4 Å². The van der Waals surface area contributed by atoms with Crippen molar-refractivity contribution in [3.05, 3.63) is 29.3 Å². The molecule has 0 saturated heterocycles. The number of amides is 1. The molecule has 0 N–H and O–H groups in total. The number of hydrogen-bond donors (Lipinski definition) is 0. The summed E-state index contributed by atoms with van der Waals surface area (Å²) in [5.41, 5.74) is 1.87. The van der Waals surface area contributed by atoms with Gasteiger partial charge < -0.3 is 9.64 Å². The van der Waals surface area contributed by atoms with Crippen LogP contribution in [0.15, 0.2) is 18.2 Å². The molecule has 1 aromatic rings. The number of carbonyl (C=O) groups is 3. The molecule has 0 atom stereocenters. The third kappa shape index (κ3) is 2.36. The Bertz CT molecular complexity index is 550. The lowest BCUT2D eigenvalue weighted by Gasteiger charge is -2.17. The van der Waals surface area contributed by atoms with Crippen LogP contribution in [0.5, 0.6) is 0 Å². The van der Waals surface area contributed by atoms with Crippen LogP contribution in [0.2, 0.25) is 0 Å². The minimum absolute atomic E-state index is 0.0840. The maximum Gasteiger partial charge on any atom is 0.307 e. The minimum atomic E-state index is -0.575. The molecule has 19 heavy (non-hydrogen) atoms. The summed E-state index contributed by atoms with van der Waals surface area (Å²) >= 11 is 0. The van der Waals surface area contributed by atoms with Crippen molar-refractivity contribution in [1.82, 2.24) is 0 Å². The Morgan fingerprint density at radius 2 is 2.05 bits per heavy atom. The SMILES string of the molecule is CCOC(=O)CCN1C(=O)C(=O)c2cccc(C)c21. The molecule has 5 heteroatoms. The number of hydrogen-bond acceptors (Lipinski definition) is 4. The second kappa shape index (κ2) is 5.22. The van der Waals surface area contributed by atoms with Crippen LogP contribution in [0, 0.1) is 6.92 Å². The first-order valence-corrected chi connectivity index (χ1v) is 6.17. The van der Waals surface area contributed by atoms with E-state index in [-0.39, 0.29) is 18.9 Å². The first kappa shape index (κ1) is 13.3. The minimum Gasteiger partial charge on any atom is -0.466 e. The second-order valence-corrected chi connectivity index (χ2v) is 4.31. The van der Waals surface area contributed by atoms with Gasteiger partial charge in [-0.05, 0) is 25.5 Å². The van der Waals surface area contributed by atoms with Crippen LogP contribution >= 0.6 is 0 Å². The topological polar surface area (TPSA) is 63.7 Å². The number of benzene rings is 1. The fourth-order valence-electron chi connectivity index (χ4n) is 2.19. The van der Waals surface area contributed by atoms with Crippen molar-refractivity contribution >= 4 is 23.3 Å². The number of fused-ring (bicyclic) bond motifs is 1. The number of ketones is 1. The zero-order chi connectivity index (χ0) is 14.0. The number of nitrogens with zero attached hydrogens (tertiary/aromatic N) is 1. The van der Waals surface area contributed by atoms with Gasteiger partial charge in [-0.15, -0.1) is 0 Å². The molecule has 1 aromatic carbocycles. The first-order valence-electron chi connectivity index (χ1n) is 6.17. The highest BCUT2D eigenvalue weighted by molar-refractivity contribution is 6.52. The van der Waals surface area contributed by atoms with Gasteiger partial charge in [0.1, 0.15) is 0 Å². The van der Waals surface area contributed by atoms with Crippen molar-refractivity contribution < 1.29 is 19.1 Å². The van der Waals surface area contributed by atoms with Gasteiger partial charge in [0.25, 0.3) is 11.7 Å². The maximum atomic E-state index is 11.9. The van der Waals surface area contributed by atoms with Crippen LogP contribution in [0.1, 0.15) is 29.3 Å². The number of rotatable bonds is 4. The first-order chi connectivity index (χ1) is 9.06. The molecule has 0 bridgehead atoms. The molecule has 0 unspecified atom stereocenters. The number of carbonyl (C=O) groups excluding carboxylic acids is 3. The van der Waals surface area contributed by atoms with E-state index in [1.165, 1.54) is 4.90 Å². The van der Waals surface area contributed by atoms with E-state index in [4.69, 9.17) is 4.74 Å². The summed E-state index contributed by atoms with van der Waals surface area (Å²) in [4.78, 5) is 36.4. The van der Waals surface area contributed by atoms with E-state index in [1.54, 1.807) is 19.1 Å². The summed E-state index contributed by atoms with van der Waals surface area (Å²) in [6.45, 7) is 4.03. The molecule has 1 aliphatic heterocycles. The lowest BCUT2D eigenvalue weighted by Crippen LogP contribution is -2.32. The Kier molecular flexibility index (Phi) is 3.64. The van der Waals surface area contributed by atoms with Gasteiger partial charge in [0, 0.05) is 6.54 Å². The largest absolute Gasteiger partial charge is 0.466 e. The summed E-state index contributed by atoms with van der Waals surface area (Å²) in [5, 5.41) is 0. The molecule has 1 aliphatic rings. The Morgan fingerprint density at radius 1 is 1.32 bits per heavy atom. The molecule has 100 valence electrons. The highest BCUT2D eigenvalue weighted by atomic mass is 16.5. The van der Waals surface area contributed by atoms with E-state index in [0.29, 0.717) is 17.9 Å². The number of esters is 1. The van der Waals surface area contributed by atoms with E-state index >= 15 is 0 Å². The molecule has 1 amide bonds. The molecule has 0 radical (unpaired) electrons. The van der Waals surface area contributed by atoms with Crippen LogP contribution in [0.4, 0.5) is 5.69 Å². The van der Waals surface area contributed by atoms with Crippen LogP contribution < -0.4 is 4.90 Å². The summed E-state index contributed by atoms with van der Waals surface area (Å²) in [5.74, 6) is -1.46. The number of aryl methyl sites for hydroxylation is 1. The highest BCUT2D eigenvalue weighted by Gasteiger charge is 2.36. The van der Waals surface area contributed by atoms with Crippen molar-refractivity contribution in [3.63, 3.8) is 0 Å². The van der Waals surface area contributed by atoms with E-state index in [2.05, 4.69) is 0 Å². The lowest BCUT2D eigenvalue weighted by molar-refractivity contribution is -0.142. The normalized spacial score (nSPS) is 13.7. The molecule has 5 nitrogen and oxygen atoms in total. The van der Waals surface area contributed by atoms with Crippen molar-refractivity contribution in [2.75, 3.05) is 18.1 Å². The van der Waals surface area contributed by atoms with Gasteiger partial charge >= 0.3 is 5.97 Å². The predicted octanol–water partition coefficient (Wildman–Crippen LogP) is 1.48. The number of para-hydroxylation sites is 1. The summed E-state index contributed by atoms with van der Waals surface area (Å²) < 4.78 is 4.82. The van der Waals surface area contributed by atoms with Crippen molar-refractivity contribution in [3.8, 4) is 0 Å². The number of ether oxygens (including phenoxy) is 1. The zero-order valence-electron chi connectivity index (χ0n) is 10.9. The van der Waals surface area contributed by atoms with Gasteiger partial charge in [-0.25, -0.2) is 0 Å². The molecule has 0 spiro atoms. The predicted molar refractivity (Wildman–Crippen MR) is 69.1 cm³/mol. The Hall–Kier alpha value is -2.17. The van der Waals surface area contributed by atoms with E-state index in [9.17, 15) is 14.4 Å². The van der Waals surface area contributed by atoms with Crippen molar-refractivity contribution in [2.45, 2.75) is 20.3 Å². The average Bonchev–Trinajstić information content (AvgIpc) is 2.62. The van der Waals surface area contributed by atoms with Crippen molar-refractivity contribution in [2.24, 2.45) is 0 Å². The Balaban J connectivity index is 2.21. The van der Waals surface area contributed by atoms with Crippen LogP contribution in [0.25, 0.3) is 0 Å². The Labute approximate surface area is 111 Å². The molecule has 2 rings (SSSR count). The van der Waals surface area contributed by atoms with E-state index < -0.39 is 11.7 Å². The van der Waals surface area contributed by atoms with Crippen LogP contribution in [-0.4, -0.2) is 30.8 Å². The highest BCUT2D eigenvalue weighted by Crippen LogP contribution is 2.32. The molecule has 0 aromatic heterocycles.